The number of carbonyl (C=O) groups is 1. The molecule has 0 aromatic rings. The minimum absolute atomic E-state index is 0.0501. The molecule has 112 valence electrons. The highest BCUT2D eigenvalue weighted by atomic mass is 19.4. The lowest BCUT2D eigenvalue weighted by molar-refractivity contribution is -0.215. The molecular weight excluding hydrogens is 259 g/mol. The first-order chi connectivity index (χ1) is 8.68. The summed E-state index contributed by atoms with van der Waals surface area (Å²) in [4.78, 5) is 11.5. The van der Waals surface area contributed by atoms with Crippen molar-refractivity contribution in [1.29, 1.82) is 0 Å². The van der Waals surface area contributed by atoms with Gasteiger partial charge in [-0.3, -0.25) is 0 Å². The summed E-state index contributed by atoms with van der Waals surface area (Å²) >= 11 is 0. The first-order valence-corrected chi connectivity index (χ1v) is 6.46. The van der Waals surface area contributed by atoms with Crippen LogP contribution in [0, 0.1) is 5.41 Å². The predicted octanol–water partition coefficient (Wildman–Crippen LogP) is 2.01. The molecular formula is C12H22F3N3O. The largest absolute Gasteiger partial charge is 0.394 e. The number of likely N-dealkylation sites (N-methyl/N-ethyl adjacent to an activating group) is 1. The van der Waals surface area contributed by atoms with Gasteiger partial charge in [0.25, 0.3) is 0 Å². The lowest BCUT2D eigenvalue weighted by Gasteiger charge is -2.27. The van der Waals surface area contributed by atoms with Gasteiger partial charge >= 0.3 is 12.2 Å². The van der Waals surface area contributed by atoms with E-state index in [1.54, 1.807) is 7.05 Å². The van der Waals surface area contributed by atoms with Crippen LogP contribution in [0.15, 0.2) is 0 Å². The topological polar surface area (TPSA) is 53.2 Å². The number of urea groups is 1. The maximum Gasteiger partial charge on any atom is 0.394 e. The van der Waals surface area contributed by atoms with Crippen molar-refractivity contribution in [3.63, 3.8) is 0 Å². The molecule has 1 rings (SSSR count). The van der Waals surface area contributed by atoms with E-state index in [1.807, 2.05) is 6.92 Å². The SMILES string of the molecule is CNC(C)CNC(=O)NC1CCC(C)(C(F)(F)F)C1. The van der Waals surface area contributed by atoms with Gasteiger partial charge in [0.15, 0.2) is 0 Å². The van der Waals surface area contributed by atoms with Crippen molar-refractivity contribution in [2.24, 2.45) is 5.41 Å². The first-order valence-electron chi connectivity index (χ1n) is 6.46. The molecule has 1 aliphatic rings. The Labute approximate surface area is 111 Å². The fourth-order valence-corrected chi connectivity index (χ4v) is 2.21. The average molecular weight is 281 g/mol. The molecule has 1 fully saturated rings. The van der Waals surface area contributed by atoms with E-state index < -0.39 is 23.7 Å². The fraction of sp³-hybridized carbons (Fsp3) is 0.917. The van der Waals surface area contributed by atoms with E-state index in [2.05, 4.69) is 16.0 Å². The molecule has 3 unspecified atom stereocenters. The molecule has 0 aromatic carbocycles. The standard InChI is InChI=1S/C12H22F3N3O/c1-8(16-3)7-17-10(19)18-9-4-5-11(2,6-9)12(13,14)15/h8-9,16H,4-7H2,1-3H3,(H2,17,18,19). The van der Waals surface area contributed by atoms with E-state index in [-0.39, 0.29) is 18.9 Å². The van der Waals surface area contributed by atoms with Gasteiger partial charge in [-0.05, 0) is 33.2 Å². The number of amides is 2. The second-order valence-electron chi connectivity index (χ2n) is 5.54. The van der Waals surface area contributed by atoms with Crippen LogP contribution in [0.3, 0.4) is 0 Å². The Morgan fingerprint density at radius 3 is 2.58 bits per heavy atom. The van der Waals surface area contributed by atoms with Crippen molar-refractivity contribution in [2.45, 2.75) is 51.4 Å². The molecule has 1 aliphatic carbocycles. The van der Waals surface area contributed by atoms with Gasteiger partial charge in [0.05, 0.1) is 5.41 Å². The lowest BCUT2D eigenvalue weighted by Crippen LogP contribution is -2.46. The van der Waals surface area contributed by atoms with Crippen LogP contribution in [-0.2, 0) is 0 Å². The molecule has 3 N–H and O–H groups in total. The Bertz CT molecular complexity index is 322. The highest BCUT2D eigenvalue weighted by molar-refractivity contribution is 5.74. The Morgan fingerprint density at radius 2 is 2.11 bits per heavy atom. The van der Waals surface area contributed by atoms with E-state index in [4.69, 9.17) is 0 Å². The quantitative estimate of drug-likeness (QED) is 0.738. The molecule has 0 aromatic heterocycles. The number of hydrogen-bond acceptors (Lipinski definition) is 2. The third kappa shape index (κ3) is 4.26. The molecule has 7 heteroatoms. The molecule has 0 aliphatic heterocycles. The van der Waals surface area contributed by atoms with Crippen LogP contribution in [0.2, 0.25) is 0 Å². The smallest absolute Gasteiger partial charge is 0.337 e. The van der Waals surface area contributed by atoms with Crippen LogP contribution in [0.4, 0.5) is 18.0 Å². The Balaban J connectivity index is 2.38. The molecule has 0 radical (unpaired) electrons. The Morgan fingerprint density at radius 1 is 1.47 bits per heavy atom. The second kappa shape index (κ2) is 5.98. The van der Waals surface area contributed by atoms with Crippen LogP contribution in [0.25, 0.3) is 0 Å². The molecule has 1 saturated carbocycles. The van der Waals surface area contributed by atoms with Crippen molar-refractivity contribution < 1.29 is 18.0 Å². The third-order valence-electron chi connectivity index (χ3n) is 3.82. The van der Waals surface area contributed by atoms with E-state index in [0.717, 1.165) is 0 Å². The van der Waals surface area contributed by atoms with Gasteiger partial charge < -0.3 is 16.0 Å². The monoisotopic (exact) mass is 281 g/mol. The van der Waals surface area contributed by atoms with Crippen molar-refractivity contribution in [3.8, 4) is 0 Å². The van der Waals surface area contributed by atoms with Gasteiger partial charge in [-0.15, -0.1) is 0 Å². The van der Waals surface area contributed by atoms with Crippen molar-refractivity contribution in [1.82, 2.24) is 16.0 Å². The van der Waals surface area contributed by atoms with Crippen LogP contribution in [0.1, 0.15) is 33.1 Å². The molecule has 0 heterocycles. The van der Waals surface area contributed by atoms with Gasteiger partial charge in [0, 0.05) is 18.6 Å². The summed E-state index contributed by atoms with van der Waals surface area (Å²) < 4.78 is 38.5. The molecule has 2 amide bonds. The molecule has 19 heavy (non-hydrogen) atoms. The van der Waals surface area contributed by atoms with Crippen LogP contribution in [0.5, 0.6) is 0 Å². The normalized spacial score (nSPS) is 29.1. The van der Waals surface area contributed by atoms with E-state index in [0.29, 0.717) is 13.0 Å². The number of rotatable bonds is 4. The van der Waals surface area contributed by atoms with Gasteiger partial charge in [0.1, 0.15) is 0 Å². The minimum Gasteiger partial charge on any atom is -0.337 e. The average Bonchev–Trinajstić information content (AvgIpc) is 2.68. The van der Waals surface area contributed by atoms with Crippen LogP contribution in [-0.4, -0.2) is 37.9 Å². The summed E-state index contributed by atoms with van der Waals surface area (Å²) in [5.74, 6) is 0. The maximum atomic E-state index is 12.8. The molecule has 4 nitrogen and oxygen atoms in total. The fourth-order valence-electron chi connectivity index (χ4n) is 2.21. The highest BCUT2D eigenvalue weighted by Crippen LogP contribution is 2.49. The Hall–Kier alpha value is -0.980. The van der Waals surface area contributed by atoms with E-state index in [9.17, 15) is 18.0 Å². The van der Waals surface area contributed by atoms with E-state index in [1.165, 1.54) is 6.92 Å². The van der Waals surface area contributed by atoms with Crippen molar-refractivity contribution in [2.75, 3.05) is 13.6 Å². The number of carbonyl (C=O) groups excluding carboxylic acids is 1. The summed E-state index contributed by atoms with van der Waals surface area (Å²) in [7, 11) is 1.77. The van der Waals surface area contributed by atoms with Gasteiger partial charge in [0.2, 0.25) is 0 Å². The summed E-state index contributed by atoms with van der Waals surface area (Å²) in [5.41, 5.74) is -1.68. The molecule has 3 atom stereocenters. The number of alkyl halides is 3. The summed E-state index contributed by atoms with van der Waals surface area (Å²) in [6, 6.07) is -0.690. The van der Waals surface area contributed by atoms with E-state index >= 15 is 0 Å². The molecule has 0 spiro atoms. The molecule has 0 saturated heterocycles. The third-order valence-corrected chi connectivity index (χ3v) is 3.82. The number of hydrogen-bond donors (Lipinski definition) is 3. The zero-order chi connectivity index (χ0) is 14.7. The highest BCUT2D eigenvalue weighted by Gasteiger charge is 2.54. The minimum atomic E-state index is -4.21. The van der Waals surface area contributed by atoms with Gasteiger partial charge in [-0.2, -0.15) is 13.2 Å². The summed E-state index contributed by atoms with van der Waals surface area (Å²) in [5, 5.41) is 8.20. The number of halogens is 3. The predicted molar refractivity (Wildman–Crippen MR) is 66.9 cm³/mol. The van der Waals surface area contributed by atoms with Gasteiger partial charge in [-0.1, -0.05) is 6.92 Å². The lowest BCUT2D eigenvalue weighted by atomic mass is 9.88. The second-order valence-corrected chi connectivity index (χ2v) is 5.54. The molecule has 0 bridgehead atoms. The van der Waals surface area contributed by atoms with Crippen LogP contribution < -0.4 is 16.0 Å². The van der Waals surface area contributed by atoms with Crippen molar-refractivity contribution >= 4 is 6.03 Å². The zero-order valence-corrected chi connectivity index (χ0v) is 11.5. The Kier molecular flexibility index (Phi) is 5.06. The number of nitrogens with one attached hydrogen (secondary N) is 3. The zero-order valence-electron chi connectivity index (χ0n) is 11.5. The van der Waals surface area contributed by atoms with Crippen LogP contribution >= 0.6 is 0 Å². The van der Waals surface area contributed by atoms with Crippen molar-refractivity contribution in [3.05, 3.63) is 0 Å². The first kappa shape index (κ1) is 16.1. The van der Waals surface area contributed by atoms with Gasteiger partial charge in [-0.25, -0.2) is 4.79 Å². The summed E-state index contributed by atoms with van der Waals surface area (Å²) in [6.07, 6.45) is -3.83. The summed E-state index contributed by atoms with van der Waals surface area (Å²) in [6.45, 7) is 3.55. The maximum absolute atomic E-state index is 12.8.